The molecule has 15 heavy (non-hydrogen) atoms. The third-order valence-corrected chi connectivity index (χ3v) is 4.51. The van der Waals surface area contributed by atoms with E-state index >= 15 is 0 Å². The zero-order valence-electron chi connectivity index (χ0n) is 8.36. The Morgan fingerprint density at radius 1 is 1.80 bits per heavy atom. The quantitative estimate of drug-likeness (QED) is 0.909. The van der Waals surface area contributed by atoms with E-state index in [1.54, 1.807) is 18.4 Å². The highest BCUT2D eigenvalue weighted by atomic mass is 79.9. The molecule has 5 heteroatoms. The molecule has 1 aliphatic carbocycles. The number of hydrogen-bond acceptors (Lipinski definition) is 2. The number of likely N-dealkylation sites (N-methyl/N-ethyl adjacent to an activating group) is 1. The molecular formula is C10H12BrNO2S. The third-order valence-electron chi connectivity index (χ3n) is 2.79. The predicted molar refractivity (Wildman–Crippen MR) is 63.7 cm³/mol. The van der Waals surface area contributed by atoms with Crippen LogP contribution in [0, 0.1) is 0 Å². The van der Waals surface area contributed by atoms with E-state index in [-0.39, 0.29) is 0 Å². The van der Waals surface area contributed by atoms with Gasteiger partial charge in [-0.1, -0.05) is 0 Å². The molecule has 1 N–H and O–H groups in total. The van der Waals surface area contributed by atoms with Gasteiger partial charge in [-0.05, 0) is 40.4 Å². The van der Waals surface area contributed by atoms with E-state index < -0.39 is 6.09 Å². The van der Waals surface area contributed by atoms with Crippen LogP contribution in [0.5, 0.6) is 0 Å². The second-order valence-corrected chi connectivity index (χ2v) is 6.34. The van der Waals surface area contributed by atoms with Gasteiger partial charge in [-0.15, -0.1) is 11.3 Å². The Hall–Kier alpha value is -0.550. The molecule has 1 amide bonds. The number of amides is 1. The van der Waals surface area contributed by atoms with Gasteiger partial charge in [-0.25, -0.2) is 4.79 Å². The van der Waals surface area contributed by atoms with Gasteiger partial charge in [0.25, 0.3) is 0 Å². The summed E-state index contributed by atoms with van der Waals surface area (Å²) in [6.07, 6.45) is 1.31. The number of rotatable bonds is 2. The summed E-state index contributed by atoms with van der Waals surface area (Å²) in [6.45, 7) is 0.603. The van der Waals surface area contributed by atoms with Crippen LogP contribution >= 0.6 is 27.3 Å². The van der Waals surface area contributed by atoms with Crippen molar-refractivity contribution in [1.29, 1.82) is 0 Å². The molecular weight excluding hydrogens is 278 g/mol. The molecule has 0 radical (unpaired) electrons. The normalized spacial score (nSPS) is 18.9. The minimum absolute atomic E-state index is 0.378. The summed E-state index contributed by atoms with van der Waals surface area (Å²) >= 11 is 5.24. The Labute approximate surface area is 101 Å². The zero-order chi connectivity index (χ0) is 11.0. The topological polar surface area (TPSA) is 40.5 Å². The molecule has 0 spiro atoms. The van der Waals surface area contributed by atoms with E-state index in [1.165, 1.54) is 15.3 Å². The Balaban J connectivity index is 2.10. The summed E-state index contributed by atoms with van der Waals surface area (Å²) in [5.74, 6) is 0.378. The molecule has 1 aromatic heterocycles. The van der Waals surface area contributed by atoms with Gasteiger partial charge in [0.05, 0.1) is 3.79 Å². The fourth-order valence-corrected chi connectivity index (χ4v) is 3.83. The molecule has 1 heterocycles. The number of halogens is 1. The van der Waals surface area contributed by atoms with Crippen molar-refractivity contribution in [3.05, 3.63) is 20.3 Å². The van der Waals surface area contributed by atoms with E-state index in [9.17, 15) is 4.79 Å². The number of thiophene rings is 1. The van der Waals surface area contributed by atoms with Gasteiger partial charge < -0.3 is 10.0 Å². The van der Waals surface area contributed by atoms with Gasteiger partial charge in [0.2, 0.25) is 0 Å². The van der Waals surface area contributed by atoms with Crippen LogP contribution in [0.3, 0.4) is 0 Å². The van der Waals surface area contributed by atoms with Gasteiger partial charge in [0, 0.05) is 24.4 Å². The first-order valence-electron chi connectivity index (χ1n) is 4.80. The molecule has 3 nitrogen and oxygen atoms in total. The summed E-state index contributed by atoms with van der Waals surface area (Å²) in [7, 11) is 1.63. The standard InChI is InChI=1S/C10H12BrNO2S/c1-12(10(13)14)5-6-2-3-8-7(6)4-9(11)15-8/h4,6H,2-3,5H2,1H3,(H,13,14). The van der Waals surface area contributed by atoms with Crippen LogP contribution in [-0.4, -0.2) is 29.7 Å². The van der Waals surface area contributed by atoms with Crippen molar-refractivity contribution in [1.82, 2.24) is 4.90 Å². The second kappa shape index (κ2) is 4.14. The van der Waals surface area contributed by atoms with Crippen molar-refractivity contribution in [2.45, 2.75) is 18.8 Å². The maximum absolute atomic E-state index is 10.7. The van der Waals surface area contributed by atoms with Crippen LogP contribution in [0.15, 0.2) is 9.85 Å². The van der Waals surface area contributed by atoms with Gasteiger partial charge in [-0.2, -0.15) is 0 Å². The molecule has 0 bridgehead atoms. The average molecular weight is 290 g/mol. The number of carbonyl (C=O) groups is 1. The molecule has 0 aliphatic heterocycles. The lowest BCUT2D eigenvalue weighted by Crippen LogP contribution is -2.28. The number of carboxylic acid groups (broad SMARTS) is 1. The first kappa shape index (κ1) is 11.0. The van der Waals surface area contributed by atoms with Crippen molar-refractivity contribution in [3.63, 3.8) is 0 Å². The number of nitrogens with zero attached hydrogens (tertiary/aromatic N) is 1. The first-order valence-corrected chi connectivity index (χ1v) is 6.41. The monoisotopic (exact) mass is 289 g/mol. The van der Waals surface area contributed by atoms with Crippen LogP contribution in [0.25, 0.3) is 0 Å². The minimum atomic E-state index is -0.849. The predicted octanol–water partition coefficient (Wildman–Crippen LogP) is 3.15. The molecule has 1 aromatic rings. The van der Waals surface area contributed by atoms with Crippen molar-refractivity contribution in [3.8, 4) is 0 Å². The fraction of sp³-hybridized carbons (Fsp3) is 0.500. The minimum Gasteiger partial charge on any atom is -0.465 e. The van der Waals surface area contributed by atoms with Crippen LogP contribution in [-0.2, 0) is 6.42 Å². The smallest absolute Gasteiger partial charge is 0.407 e. The first-order chi connectivity index (χ1) is 7.08. The number of hydrogen-bond donors (Lipinski definition) is 1. The molecule has 82 valence electrons. The van der Waals surface area contributed by atoms with Gasteiger partial charge in [-0.3, -0.25) is 0 Å². The van der Waals surface area contributed by atoms with E-state index in [1.807, 2.05) is 0 Å². The highest BCUT2D eigenvalue weighted by Gasteiger charge is 2.26. The van der Waals surface area contributed by atoms with Crippen molar-refractivity contribution >= 4 is 33.4 Å². The lowest BCUT2D eigenvalue weighted by atomic mass is 10.0. The summed E-state index contributed by atoms with van der Waals surface area (Å²) < 4.78 is 1.15. The van der Waals surface area contributed by atoms with Crippen LogP contribution < -0.4 is 0 Å². The van der Waals surface area contributed by atoms with Gasteiger partial charge in [0.15, 0.2) is 0 Å². The zero-order valence-corrected chi connectivity index (χ0v) is 10.8. The third kappa shape index (κ3) is 2.18. The van der Waals surface area contributed by atoms with Crippen LogP contribution in [0.4, 0.5) is 4.79 Å². The lowest BCUT2D eigenvalue weighted by molar-refractivity contribution is 0.153. The lowest BCUT2D eigenvalue weighted by Gasteiger charge is -2.18. The Kier molecular flexibility index (Phi) is 3.02. The van der Waals surface area contributed by atoms with Crippen molar-refractivity contribution < 1.29 is 9.90 Å². The maximum Gasteiger partial charge on any atom is 0.407 e. The molecule has 2 rings (SSSR count). The average Bonchev–Trinajstić information content (AvgIpc) is 2.66. The number of aryl methyl sites for hydroxylation is 1. The van der Waals surface area contributed by atoms with E-state index in [0.29, 0.717) is 12.5 Å². The molecule has 0 fully saturated rings. The summed E-state index contributed by atoms with van der Waals surface area (Å²) in [6, 6.07) is 2.13. The molecule has 1 atom stereocenters. The fourth-order valence-electron chi connectivity index (χ4n) is 2.01. The van der Waals surface area contributed by atoms with Crippen LogP contribution in [0.2, 0.25) is 0 Å². The Bertz CT molecular complexity index is 391. The molecule has 0 aromatic carbocycles. The Morgan fingerprint density at radius 2 is 2.53 bits per heavy atom. The largest absolute Gasteiger partial charge is 0.465 e. The van der Waals surface area contributed by atoms with Crippen LogP contribution in [0.1, 0.15) is 22.8 Å². The highest BCUT2D eigenvalue weighted by molar-refractivity contribution is 9.11. The van der Waals surface area contributed by atoms with Crippen molar-refractivity contribution in [2.24, 2.45) is 0 Å². The summed E-state index contributed by atoms with van der Waals surface area (Å²) in [5.41, 5.74) is 1.33. The molecule has 0 saturated heterocycles. The van der Waals surface area contributed by atoms with E-state index in [4.69, 9.17) is 5.11 Å². The van der Waals surface area contributed by atoms with Gasteiger partial charge in [0.1, 0.15) is 0 Å². The molecule has 1 unspecified atom stereocenters. The summed E-state index contributed by atoms with van der Waals surface area (Å²) in [5, 5.41) is 8.81. The highest BCUT2D eigenvalue weighted by Crippen LogP contribution is 2.40. The molecule has 0 saturated carbocycles. The Morgan fingerprint density at radius 3 is 3.20 bits per heavy atom. The number of fused-ring (bicyclic) bond motifs is 1. The van der Waals surface area contributed by atoms with E-state index in [2.05, 4.69) is 22.0 Å². The van der Waals surface area contributed by atoms with E-state index in [0.717, 1.165) is 16.6 Å². The maximum atomic E-state index is 10.7. The SMILES string of the molecule is CN(CC1CCc2sc(Br)cc21)C(=O)O. The van der Waals surface area contributed by atoms with Crippen molar-refractivity contribution in [2.75, 3.05) is 13.6 Å². The van der Waals surface area contributed by atoms with Gasteiger partial charge >= 0.3 is 6.09 Å². The second-order valence-electron chi connectivity index (χ2n) is 3.83. The summed E-state index contributed by atoms with van der Waals surface area (Å²) in [4.78, 5) is 13.5. The molecule has 1 aliphatic rings.